The fourth-order valence-electron chi connectivity index (χ4n) is 1.69. The maximum absolute atomic E-state index is 12.1. The molecule has 0 unspecified atom stereocenters. The lowest BCUT2D eigenvalue weighted by molar-refractivity contribution is -0.274. The Balaban J connectivity index is 2.00. The lowest BCUT2D eigenvalue weighted by Crippen LogP contribution is -2.17. The highest BCUT2D eigenvalue weighted by Gasteiger charge is 2.30. The highest BCUT2D eigenvalue weighted by Crippen LogP contribution is 2.27. The van der Waals surface area contributed by atoms with Gasteiger partial charge in [0, 0.05) is 5.56 Å². The Hall–Kier alpha value is -1.92. The molecule has 2 aromatic carbocycles. The van der Waals surface area contributed by atoms with Crippen LogP contribution in [-0.2, 0) is 6.61 Å². The average Bonchev–Trinajstić information content (AvgIpc) is 2.45. The van der Waals surface area contributed by atoms with Crippen LogP contribution in [0.25, 0.3) is 0 Å². The molecule has 0 aliphatic heterocycles. The van der Waals surface area contributed by atoms with Crippen LogP contribution in [0.1, 0.15) is 15.9 Å². The zero-order valence-corrected chi connectivity index (χ0v) is 12.9. The molecule has 0 aliphatic rings. The fourth-order valence-corrected chi connectivity index (χ4v) is 2.04. The van der Waals surface area contributed by atoms with Crippen LogP contribution < -0.4 is 9.47 Å². The Bertz CT molecular complexity index is 700. The van der Waals surface area contributed by atoms with Crippen molar-refractivity contribution in [2.24, 2.45) is 0 Å². The van der Waals surface area contributed by atoms with Gasteiger partial charge in [0.05, 0.1) is 5.02 Å². The van der Waals surface area contributed by atoms with E-state index in [2.05, 4.69) is 4.74 Å². The second-order valence-corrected chi connectivity index (χ2v) is 5.15. The first-order chi connectivity index (χ1) is 10.7. The third-order valence-corrected chi connectivity index (χ3v) is 3.22. The molecule has 0 aliphatic carbocycles. The maximum atomic E-state index is 12.1. The molecule has 2 rings (SSSR count). The summed E-state index contributed by atoms with van der Waals surface area (Å²) in [5.74, 6) is 0.00760. The Morgan fingerprint density at radius 3 is 2.26 bits per heavy atom. The number of carbonyl (C=O) groups excluding carboxylic acids is 1. The topological polar surface area (TPSA) is 35.5 Å². The van der Waals surface area contributed by atoms with Gasteiger partial charge in [-0.05, 0) is 47.5 Å². The molecule has 8 heteroatoms. The Morgan fingerprint density at radius 2 is 1.74 bits per heavy atom. The normalized spacial score (nSPS) is 11.2. The molecule has 0 saturated carbocycles. The molecule has 2 aromatic rings. The van der Waals surface area contributed by atoms with Crippen molar-refractivity contribution in [3.63, 3.8) is 0 Å². The standard InChI is InChI=1S/C15H9Cl2F3O3/c16-12-7-10(14(17)21)3-6-13(12)22-8-9-1-4-11(5-2-9)23-15(18,19)20/h1-7H,8H2. The van der Waals surface area contributed by atoms with Gasteiger partial charge in [-0.25, -0.2) is 0 Å². The van der Waals surface area contributed by atoms with E-state index in [1.165, 1.54) is 42.5 Å². The minimum atomic E-state index is -4.73. The van der Waals surface area contributed by atoms with E-state index >= 15 is 0 Å². The van der Waals surface area contributed by atoms with Crippen LogP contribution in [-0.4, -0.2) is 11.6 Å². The van der Waals surface area contributed by atoms with E-state index in [4.69, 9.17) is 27.9 Å². The van der Waals surface area contributed by atoms with Crippen molar-refractivity contribution in [2.45, 2.75) is 13.0 Å². The molecule has 0 amide bonds. The van der Waals surface area contributed by atoms with Gasteiger partial charge in [-0.2, -0.15) is 0 Å². The van der Waals surface area contributed by atoms with Crippen LogP contribution in [0.15, 0.2) is 42.5 Å². The lowest BCUT2D eigenvalue weighted by atomic mass is 10.2. The fraction of sp³-hybridized carbons (Fsp3) is 0.133. The average molecular weight is 365 g/mol. The molecule has 0 radical (unpaired) electrons. The zero-order chi connectivity index (χ0) is 17.0. The number of rotatable bonds is 5. The number of alkyl halides is 3. The third-order valence-electron chi connectivity index (χ3n) is 2.71. The summed E-state index contributed by atoms with van der Waals surface area (Å²) in [6.07, 6.45) is -4.73. The van der Waals surface area contributed by atoms with Gasteiger partial charge in [0.25, 0.3) is 5.24 Å². The molecule has 0 N–H and O–H groups in total. The first-order valence-corrected chi connectivity index (χ1v) is 6.97. The predicted octanol–water partition coefficient (Wildman–Crippen LogP) is 5.20. The maximum Gasteiger partial charge on any atom is 0.573 e. The van der Waals surface area contributed by atoms with Gasteiger partial charge >= 0.3 is 6.36 Å². The third kappa shape index (κ3) is 5.33. The highest BCUT2D eigenvalue weighted by atomic mass is 35.5. The molecule has 23 heavy (non-hydrogen) atoms. The molecular weight excluding hydrogens is 356 g/mol. The molecule has 0 bridgehead atoms. The first-order valence-electron chi connectivity index (χ1n) is 6.21. The van der Waals surface area contributed by atoms with Crippen molar-refractivity contribution in [3.8, 4) is 11.5 Å². The van der Waals surface area contributed by atoms with E-state index in [-0.39, 0.29) is 22.9 Å². The quantitative estimate of drug-likeness (QED) is 0.684. The van der Waals surface area contributed by atoms with E-state index in [1.54, 1.807) is 0 Å². The Kier molecular flexibility index (Phi) is 5.38. The van der Waals surface area contributed by atoms with E-state index < -0.39 is 11.6 Å². The second kappa shape index (κ2) is 7.10. The number of benzene rings is 2. The van der Waals surface area contributed by atoms with Crippen molar-refractivity contribution in [1.29, 1.82) is 0 Å². The summed E-state index contributed by atoms with van der Waals surface area (Å²) < 4.78 is 45.4. The predicted molar refractivity (Wildman–Crippen MR) is 79.1 cm³/mol. The monoisotopic (exact) mass is 364 g/mol. The Morgan fingerprint density at radius 1 is 1.09 bits per heavy atom. The molecule has 0 fully saturated rings. The van der Waals surface area contributed by atoms with Gasteiger partial charge in [0.1, 0.15) is 18.1 Å². The van der Waals surface area contributed by atoms with Crippen molar-refractivity contribution in [2.75, 3.05) is 0 Å². The van der Waals surface area contributed by atoms with Gasteiger partial charge in [-0.1, -0.05) is 23.7 Å². The van der Waals surface area contributed by atoms with Crippen molar-refractivity contribution >= 4 is 28.4 Å². The van der Waals surface area contributed by atoms with Crippen LogP contribution >= 0.6 is 23.2 Å². The second-order valence-electron chi connectivity index (χ2n) is 4.40. The first kappa shape index (κ1) is 17.4. The minimum Gasteiger partial charge on any atom is -0.487 e. The molecule has 0 atom stereocenters. The molecule has 3 nitrogen and oxygen atoms in total. The van der Waals surface area contributed by atoms with E-state index in [9.17, 15) is 18.0 Å². The summed E-state index contributed by atoms with van der Waals surface area (Å²) >= 11 is 11.3. The van der Waals surface area contributed by atoms with Crippen LogP contribution in [0.4, 0.5) is 13.2 Å². The van der Waals surface area contributed by atoms with Crippen LogP contribution in [0.5, 0.6) is 11.5 Å². The number of hydrogen-bond donors (Lipinski definition) is 0. The molecule has 0 saturated heterocycles. The van der Waals surface area contributed by atoms with Crippen LogP contribution in [0.3, 0.4) is 0 Å². The molecule has 0 heterocycles. The highest BCUT2D eigenvalue weighted by molar-refractivity contribution is 6.67. The number of hydrogen-bond acceptors (Lipinski definition) is 3. The molecular formula is C15H9Cl2F3O3. The van der Waals surface area contributed by atoms with Crippen LogP contribution in [0, 0.1) is 0 Å². The summed E-state index contributed by atoms with van der Waals surface area (Å²) in [6.45, 7) is 0.0835. The molecule has 0 aromatic heterocycles. The van der Waals surface area contributed by atoms with Gasteiger partial charge in [-0.15, -0.1) is 13.2 Å². The largest absolute Gasteiger partial charge is 0.573 e. The number of ether oxygens (including phenoxy) is 2. The smallest absolute Gasteiger partial charge is 0.487 e. The van der Waals surface area contributed by atoms with Crippen molar-refractivity contribution in [1.82, 2.24) is 0 Å². The summed E-state index contributed by atoms with van der Waals surface area (Å²) in [7, 11) is 0. The van der Waals surface area contributed by atoms with Gasteiger partial charge in [0.15, 0.2) is 0 Å². The molecule has 0 spiro atoms. The zero-order valence-electron chi connectivity index (χ0n) is 11.4. The van der Waals surface area contributed by atoms with Crippen molar-refractivity contribution < 1.29 is 27.4 Å². The summed E-state index contributed by atoms with van der Waals surface area (Å²) in [6, 6.07) is 9.55. The summed E-state index contributed by atoms with van der Waals surface area (Å²) in [5, 5.41) is -0.438. The van der Waals surface area contributed by atoms with Gasteiger partial charge in [-0.3, -0.25) is 4.79 Å². The minimum absolute atomic E-state index is 0.0835. The lowest BCUT2D eigenvalue weighted by Gasteiger charge is -2.11. The van der Waals surface area contributed by atoms with Crippen LogP contribution in [0.2, 0.25) is 5.02 Å². The van der Waals surface area contributed by atoms with Crippen molar-refractivity contribution in [3.05, 3.63) is 58.6 Å². The number of carbonyl (C=O) groups is 1. The van der Waals surface area contributed by atoms with E-state index in [0.717, 1.165) is 0 Å². The molecule has 122 valence electrons. The number of halogens is 5. The van der Waals surface area contributed by atoms with E-state index in [1.807, 2.05) is 0 Å². The van der Waals surface area contributed by atoms with Gasteiger partial charge < -0.3 is 9.47 Å². The van der Waals surface area contributed by atoms with Gasteiger partial charge in [0.2, 0.25) is 0 Å². The SMILES string of the molecule is O=C(Cl)c1ccc(OCc2ccc(OC(F)(F)F)cc2)c(Cl)c1. The Labute approximate surface area is 139 Å². The summed E-state index contributed by atoms with van der Waals surface area (Å²) in [4.78, 5) is 11.0. The van der Waals surface area contributed by atoms with E-state index in [0.29, 0.717) is 11.3 Å². The summed E-state index contributed by atoms with van der Waals surface area (Å²) in [5.41, 5.74) is 0.853.